The van der Waals surface area contributed by atoms with E-state index < -0.39 is 11.2 Å². The smallest absolute Gasteiger partial charge is 0.251 e. The van der Waals surface area contributed by atoms with Crippen molar-refractivity contribution in [1.29, 1.82) is 0 Å². The number of unbranched alkanes of at least 4 members (excludes halogenated alkanes) is 1. The number of amides is 1. The summed E-state index contributed by atoms with van der Waals surface area (Å²) < 4.78 is 28.3. The van der Waals surface area contributed by atoms with Crippen molar-refractivity contribution in [2.24, 2.45) is 0 Å². The van der Waals surface area contributed by atoms with Gasteiger partial charge in [-0.3, -0.25) is 4.79 Å². The van der Waals surface area contributed by atoms with Crippen molar-refractivity contribution >= 4 is 28.8 Å². The number of ether oxygens (including phenoxy) is 2. The summed E-state index contributed by atoms with van der Waals surface area (Å²) in [7, 11) is 0. The van der Waals surface area contributed by atoms with Crippen LogP contribution in [0.5, 0.6) is 5.75 Å². The van der Waals surface area contributed by atoms with E-state index in [1.54, 1.807) is 54.6 Å². The van der Waals surface area contributed by atoms with Gasteiger partial charge in [0.1, 0.15) is 12.4 Å². The molecule has 1 N–H and O–H groups in total. The minimum atomic E-state index is -1.23. The van der Waals surface area contributed by atoms with Crippen molar-refractivity contribution < 1.29 is 18.8 Å². The Morgan fingerprint density at radius 3 is 2.50 bits per heavy atom. The standard InChI is InChI=1S/C38H43N5O4S/c1-4-6-21-46-22-23-47-35-13-8-30(9-14-35)31-10-17-37(43-20-7-18-40-43)32(25-31)24-29(3)38(44)41-33-11-15-36(16-12-33)48(45)27-34-26-39-28-42(34)19-5-2/h7-18,20,24-26,28H,4-6,19,21-23,27H2,1-3H3,(H,41,44). The maximum Gasteiger partial charge on any atom is 0.251 e. The number of aromatic nitrogens is 4. The quantitative estimate of drug-likeness (QED) is 0.0620. The third-order valence-corrected chi connectivity index (χ3v) is 9.11. The lowest BCUT2D eigenvalue weighted by atomic mass is 10.00. The van der Waals surface area contributed by atoms with E-state index in [-0.39, 0.29) is 5.91 Å². The second-order valence-corrected chi connectivity index (χ2v) is 12.9. The summed E-state index contributed by atoms with van der Waals surface area (Å²) in [6, 6.07) is 23.1. The molecular formula is C38H43N5O4S. The molecule has 0 aliphatic rings. The normalized spacial score (nSPS) is 12.2. The molecule has 0 aliphatic heterocycles. The molecule has 0 fully saturated rings. The van der Waals surface area contributed by atoms with Gasteiger partial charge in [-0.05, 0) is 103 Å². The molecule has 250 valence electrons. The van der Waals surface area contributed by atoms with Gasteiger partial charge in [0.05, 0.1) is 30.5 Å². The van der Waals surface area contributed by atoms with Crippen molar-refractivity contribution in [2.75, 3.05) is 25.1 Å². The van der Waals surface area contributed by atoms with Crippen LogP contribution >= 0.6 is 0 Å². The molecule has 5 rings (SSSR count). The van der Waals surface area contributed by atoms with Gasteiger partial charge in [0.25, 0.3) is 5.91 Å². The summed E-state index contributed by atoms with van der Waals surface area (Å²) in [6.07, 6.45) is 12.2. The molecule has 3 aromatic carbocycles. The Kier molecular flexibility index (Phi) is 12.6. The van der Waals surface area contributed by atoms with Gasteiger partial charge in [-0.1, -0.05) is 38.5 Å². The first-order valence-corrected chi connectivity index (χ1v) is 17.7. The average molecular weight is 666 g/mol. The number of carbonyl (C=O) groups is 1. The third kappa shape index (κ3) is 9.47. The number of carbonyl (C=O) groups excluding carboxylic acids is 1. The van der Waals surface area contributed by atoms with Crippen LogP contribution in [0.3, 0.4) is 0 Å². The highest BCUT2D eigenvalue weighted by Crippen LogP contribution is 2.28. The molecule has 10 heteroatoms. The Hall–Kier alpha value is -4.64. The van der Waals surface area contributed by atoms with Gasteiger partial charge in [0, 0.05) is 42.4 Å². The molecule has 0 spiro atoms. The summed E-state index contributed by atoms with van der Waals surface area (Å²) >= 11 is -1.23. The fraction of sp³-hybridized carbons (Fsp3) is 0.289. The van der Waals surface area contributed by atoms with E-state index in [1.165, 1.54) is 0 Å². The number of aryl methyl sites for hydroxylation is 1. The van der Waals surface area contributed by atoms with Gasteiger partial charge in [-0.25, -0.2) is 9.67 Å². The number of rotatable bonds is 17. The SMILES string of the molecule is CCCCOCCOc1ccc(-c2ccc(-n3cccn3)c(C=C(C)C(=O)Nc3ccc([S+]([O-])Cc4cncn4CCC)cc3)c2)cc1. The number of hydrogen-bond acceptors (Lipinski definition) is 6. The largest absolute Gasteiger partial charge is 0.611 e. The second kappa shape index (κ2) is 17.5. The monoisotopic (exact) mass is 665 g/mol. The number of anilines is 1. The lowest BCUT2D eigenvalue weighted by Gasteiger charge is -2.13. The van der Waals surface area contributed by atoms with Gasteiger partial charge in [0.2, 0.25) is 0 Å². The van der Waals surface area contributed by atoms with Crippen LogP contribution in [0.15, 0.2) is 108 Å². The van der Waals surface area contributed by atoms with Crippen molar-refractivity contribution in [3.05, 3.63) is 115 Å². The summed E-state index contributed by atoms with van der Waals surface area (Å²) in [5.74, 6) is 0.944. The summed E-state index contributed by atoms with van der Waals surface area (Å²) in [5, 5.41) is 7.39. The fourth-order valence-electron chi connectivity index (χ4n) is 5.13. The molecule has 9 nitrogen and oxygen atoms in total. The van der Waals surface area contributed by atoms with E-state index in [2.05, 4.69) is 35.3 Å². The van der Waals surface area contributed by atoms with Crippen molar-refractivity contribution in [2.45, 2.75) is 57.2 Å². The zero-order chi connectivity index (χ0) is 33.7. The number of hydrogen-bond donors (Lipinski definition) is 1. The highest BCUT2D eigenvalue weighted by molar-refractivity contribution is 7.90. The van der Waals surface area contributed by atoms with Gasteiger partial charge < -0.3 is 23.9 Å². The van der Waals surface area contributed by atoms with E-state index in [9.17, 15) is 9.35 Å². The molecule has 2 heterocycles. The van der Waals surface area contributed by atoms with E-state index >= 15 is 0 Å². The number of benzene rings is 3. The van der Waals surface area contributed by atoms with Crippen LogP contribution in [0, 0.1) is 0 Å². The predicted octanol–water partition coefficient (Wildman–Crippen LogP) is 7.69. The molecule has 48 heavy (non-hydrogen) atoms. The third-order valence-electron chi connectivity index (χ3n) is 7.75. The Morgan fingerprint density at radius 1 is 0.979 bits per heavy atom. The average Bonchev–Trinajstić information content (AvgIpc) is 3.80. The molecule has 0 saturated carbocycles. The Balaban J connectivity index is 1.26. The molecule has 0 bridgehead atoms. The zero-order valence-corrected chi connectivity index (χ0v) is 28.6. The lowest BCUT2D eigenvalue weighted by molar-refractivity contribution is -0.112. The van der Waals surface area contributed by atoms with Crippen molar-refractivity contribution in [3.63, 3.8) is 0 Å². The molecule has 0 saturated heterocycles. The molecule has 2 aromatic heterocycles. The minimum Gasteiger partial charge on any atom is -0.611 e. The first kappa shape index (κ1) is 34.7. The Morgan fingerprint density at radius 2 is 1.77 bits per heavy atom. The zero-order valence-electron chi connectivity index (χ0n) is 27.8. The highest BCUT2D eigenvalue weighted by atomic mass is 32.2. The molecule has 0 radical (unpaired) electrons. The topological polar surface area (TPSA) is 106 Å². The Bertz CT molecular complexity index is 1770. The second-order valence-electron chi connectivity index (χ2n) is 11.4. The summed E-state index contributed by atoms with van der Waals surface area (Å²) in [5.41, 5.74) is 5.82. The van der Waals surface area contributed by atoms with Crippen LogP contribution < -0.4 is 10.1 Å². The van der Waals surface area contributed by atoms with Crippen LogP contribution in [-0.4, -0.2) is 49.6 Å². The maximum atomic E-state index is 13.3. The molecule has 1 unspecified atom stereocenters. The lowest BCUT2D eigenvalue weighted by Crippen LogP contribution is -2.13. The summed E-state index contributed by atoms with van der Waals surface area (Å²) in [4.78, 5) is 18.2. The van der Waals surface area contributed by atoms with Crippen LogP contribution in [-0.2, 0) is 33.0 Å². The fourth-order valence-corrected chi connectivity index (χ4v) is 6.24. The van der Waals surface area contributed by atoms with Crippen LogP contribution in [0.2, 0.25) is 0 Å². The van der Waals surface area contributed by atoms with Crippen molar-refractivity contribution in [1.82, 2.24) is 19.3 Å². The maximum absolute atomic E-state index is 13.3. The minimum absolute atomic E-state index is 0.232. The van der Waals surface area contributed by atoms with Gasteiger partial charge in [0.15, 0.2) is 10.6 Å². The van der Waals surface area contributed by atoms with E-state index in [0.29, 0.717) is 35.1 Å². The predicted molar refractivity (Wildman–Crippen MR) is 192 cm³/mol. The first-order chi connectivity index (χ1) is 23.4. The van der Waals surface area contributed by atoms with Crippen LogP contribution in [0.25, 0.3) is 22.9 Å². The molecule has 5 aromatic rings. The van der Waals surface area contributed by atoms with Gasteiger partial charge in [-0.2, -0.15) is 5.10 Å². The molecule has 1 amide bonds. The van der Waals surface area contributed by atoms with Crippen LogP contribution in [0.4, 0.5) is 5.69 Å². The van der Waals surface area contributed by atoms with E-state index in [1.807, 2.05) is 59.3 Å². The van der Waals surface area contributed by atoms with Gasteiger partial charge in [-0.15, -0.1) is 0 Å². The number of imidazole rings is 1. The molecule has 1 atom stereocenters. The molecule has 0 aliphatic carbocycles. The summed E-state index contributed by atoms with van der Waals surface area (Å²) in [6.45, 7) is 8.71. The highest BCUT2D eigenvalue weighted by Gasteiger charge is 2.16. The Labute approximate surface area is 285 Å². The first-order valence-electron chi connectivity index (χ1n) is 16.4. The van der Waals surface area contributed by atoms with Crippen LogP contribution in [0.1, 0.15) is 51.3 Å². The van der Waals surface area contributed by atoms with Gasteiger partial charge >= 0.3 is 0 Å². The van der Waals surface area contributed by atoms with E-state index in [4.69, 9.17) is 9.47 Å². The molecular weight excluding hydrogens is 623 g/mol. The van der Waals surface area contributed by atoms with E-state index in [0.717, 1.165) is 66.2 Å². The number of nitrogens with one attached hydrogen (secondary N) is 1. The van der Waals surface area contributed by atoms with Crippen molar-refractivity contribution in [3.8, 4) is 22.6 Å². The number of nitrogens with zero attached hydrogens (tertiary/aromatic N) is 4.